The topological polar surface area (TPSA) is 86.7 Å². The molecular formula is C25H35NaO5S. The van der Waals surface area contributed by atoms with Crippen molar-refractivity contribution in [1.82, 2.24) is 0 Å². The summed E-state index contributed by atoms with van der Waals surface area (Å²) in [5, 5.41) is 12.7. The Balaban J connectivity index is 0.00000512. The number of hydrogen-bond acceptors (Lipinski definition) is 4. The van der Waals surface area contributed by atoms with Crippen LogP contribution in [0.25, 0.3) is 0 Å². The third-order valence-corrected chi connectivity index (χ3v) is 6.35. The standard InChI is InChI=1S/C25H36O5S.Na/c1-2-3-4-5-6-7-8-9-10-11-12-16-21-17-15-19-23(25(21)26)30-22-18-13-14-20-24(22)31(27,28)29;/h13-15,17-20,26H,2-12,16H2,1H3,(H,27,28,29);/q;+1/p-1. The van der Waals surface area contributed by atoms with Gasteiger partial charge in [-0.1, -0.05) is 107 Å². The molecule has 0 aromatic heterocycles. The summed E-state index contributed by atoms with van der Waals surface area (Å²) in [5.74, 6) is -0.231. The second kappa shape index (κ2) is 15.7. The van der Waals surface area contributed by atoms with Crippen LogP contribution in [-0.2, 0) is 16.5 Å². The normalized spacial score (nSPS) is 11.2. The van der Waals surface area contributed by atoms with Gasteiger partial charge >= 0.3 is 29.6 Å². The van der Waals surface area contributed by atoms with Gasteiger partial charge in [0.15, 0.2) is 0 Å². The molecule has 0 aliphatic rings. The number of benzene rings is 2. The van der Waals surface area contributed by atoms with E-state index >= 15 is 0 Å². The van der Waals surface area contributed by atoms with Gasteiger partial charge in [-0.25, -0.2) is 0 Å². The Bertz CT molecular complexity index is 899. The summed E-state index contributed by atoms with van der Waals surface area (Å²) < 4.78 is 38.0. The van der Waals surface area contributed by atoms with Gasteiger partial charge in [-0.15, -0.1) is 0 Å². The first-order valence-electron chi connectivity index (χ1n) is 11.5. The molecule has 172 valence electrons. The van der Waals surface area contributed by atoms with Gasteiger partial charge in [0.05, 0.1) is 0 Å². The summed E-state index contributed by atoms with van der Waals surface area (Å²) in [6.45, 7) is 2.24. The van der Waals surface area contributed by atoms with Crippen molar-refractivity contribution in [3.8, 4) is 17.2 Å². The SMILES string of the molecule is CCCCCCCCCCCCCc1cccc(Oc2ccccc2S(=O)(=O)O)c1[O-].[Na+]. The second-order valence-electron chi connectivity index (χ2n) is 8.05. The Labute approximate surface area is 215 Å². The largest absolute Gasteiger partial charge is 1.00 e. The zero-order chi connectivity index (χ0) is 22.5. The molecule has 0 fully saturated rings. The van der Waals surface area contributed by atoms with Crippen molar-refractivity contribution in [2.75, 3.05) is 0 Å². The summed E-state index contributed by atoms with van der Waals surface area (Å²) in [6, 6.07) is 10.8. The fraction of sp³-hybridized carbons (Fsp3) is 0.520. The summed E-state index contributed by atoms with van der Waals surface area (Å²) in [6.07, 6.45) is 14.4. The van der Waals surface area contributed by atoms with Crippen molar-refractivity contribution < 1.29 is 52.4 Å². The number of para-hydroxylation sites is 2. The first kappa shape index (κ1) is 29.0. The minimum absolute atomic E-state index is 0. The number of hydrogen-bond donors (Lipinski definition) is 1. The molecule has 2 aromatic rings. The zero-order valence-electron chi connectivity index (χ0n) is 19.5. The fourth-order valence-electron chi connectivity index (χ4n) is 3.68. The molecule has 0 radical (unpaired) electrons. The number of ether oxygens (including phenoxy) is 1. The molecule has 0 aliphatic heterocycles. The van der Waals surface area contributed by atoms with Crippen molar-refractivity contribution in [2.45, 2.75) is 88.9 Å². The molecule has 0 aliphatic carbocycles. The van der Waals surface area contributed by atoms with Crippen LogP contribution in [0.2, 0.25) is 0 Å². The van der Waals surface area contributed by atoms with Crippen LogP contribution in [0.15, 0.2) is 47.4 Å². The molecule has 2 aromatic carbocycles. The maximum atomic E-state index is 12.7. The minimum atomic E-state index is -4.44. The molecule has 0 amide bonds. The quantitative estimate of drug-likeness (QED) is 0.244. The summed E-state index contributed by atoms with van der Waals surface area (Å²) >= 11 is 0. The molecule has 7 heteroatoms. The molecule has 0 unspecified atom stereocenters. The molecule has 32 heavy (non-hydrogen) atoms. The van der Waals surface area contributed by atoms with E-state index in [1.165, 1.54) is 82.1 Å². The molecule has 2 rings (SSSR count). The van der Waals surface area contributed by atoms with E-state index in [9.17, 15) is 18.1 Å². The van der Waals surface area contributed by atoms with Gasteiger partial charge in [-0.3, -0.25) is 4.55 Å². The van der Waals surface area contributed by atoms with Gasteiger partial charge in [0, 0.05) is 0 Å². The van der Waals surface area contributed by atoms with E-state index in [0.717, 1.165) is 12.8 Å². The van der Waals surface area contributed by atoms with Gasteiger partial charge in [-0.2, -0.15) is 8.42 Å². The molecule has 0 heterocycles. The van der Waals surface area contributed by atoms with Crippen LogP contribution in [0.5, 0.6) is 17.2 Å². The van der Waals surface area contributed by atoms with E-state index in [1.54, 1.807) is 18.2 Å². The zero-order valence-corrected chi connectivity index (χ0v) is 22.3. The average molecular weight is 471 g/mol. The molecule has 1 N–H and O–H groups in total. The Morgan fingerprint density at radius 3 is 1.91 bits per heavy atom. The van der Waals surface area contributed by atoms with Crippen LogP contribution >= 0.6 is 0 Å². The van der Waals surface area contributed by atoms with Crippen LogP contribution in [0.1, 0.15) is 83.1 Å². The van der Waals surface area contributed by atoms with Gasteiger partial charge in [0.2, 0.25) is 0 Å². The Morgan fingerprint density at radius 1 is 0.781 bits per heavy atom. The van der Waals surface area contributed by atoms with Gasteiger partial charge in [0.25, 0.3) is 10.1 Å². The van der Waals surface area contributed by atoms with Crippen molar-refractivity contribution in [1.29, 1.82) is 0 Å². The molecule has 0 atom stereocenters. The van der Waals surface area contributed by atoms with E-state index in [1.807, 2.05) is 0 Å². The smallest absolute Gasteiger partial charge is 0.870 e. The van der Waals surface area contributed by atoms with Crippen molar-refractivity contribution in [2.24, 2.45) is 0 Å². The molecule has 0 bridgehead atoms. The molecule has 0 saturated heterocycles. The minimum Gasteiger partial charge on any atom is -0.870 e. The summed E-state index contributed by atoms with van der Waals surface area (Å²) in [5.41, 5.74) is 0.665. The fourth-order valence-corrected chi connectivity index (χ4v) is 4.30. The number of unbranched alkanes of at least 4 members (excludes halogenated alkanes) is 10. The van der Waals surface area contributed by atoms with Crippen LogP contribution < -0.4 is 39.4 Å². The number of rotatable bonds is 15. The molecule has 0 saturated carbocycles. The Morgan fingerprint density at radius 2 is 1.31 bits per heavy atom. The first-order chi connectivity index (χ1) is 14.9. The summed E-state index contributed by atoms with van der Waals surface area (Å²) in [4.78, 5) is -0.356. The Kier molecular flexibility index (Phi) is 14.2. The van der Waals surface area contributed by atoms with Crippen LogP contribution in [0, 0.1) is 0 Å². The van der Waals surface area contributed by atoms with Crippen molar-refractivity contribution in [3.63, 3.8) is 0 Å². The third-order valence-electron chi connectivity index (χ3n) is 5.46. The van der Waals surface area contributed by atoms with E-state index in [0.29, 0.717) is 12.0 Å². The summed E-state index contributed by atoms with van der Waals surface area (Å²) in [7, 11) is -4.44. The number of aryl methyl sites for hydroxylation is 1. The maximum absolute atomic E-state index is 12.7. The maximum Gasteiger partial charge on any atom is 1.00 e. The van der Waals surface area contributed by atoms with E-state index in [2.05, 4.69) is 6.92 Å². The molecular weight excluding hydrogens is 435 g/mol. The van der Waals surface area contributed by atoms with E-state index in [-0.39, 0.29) is 51.7 Å². The van der Waals surface area contributed by atoms with Gasteiger partial charge < -0.3 is 9.84 Å². The predicted molar refractivity (Wildman–Crippen MR) is 122 cm³/mol. The third kappa shape index (κ3) is 10.3. The predicted octanol–water partition coefficient (Wildman–Crippen LogP) is 3.66. The van der Waals surface area contributed by atoms with E-state index in [4.69, 9.17) is 4.74 Å². The van der Waals surface area contributed by atoms with Crippen molar-refractivity contribution >= 4 is 10.1 Å². The second-order valence-corrected chi connectivity index (χ2v) is 9.44. The molecule has 0 spiro atoms. The van der Waals surface area contributed by atoms with Crippen LogP contribution in [0.4, 0.5) is 0 Å². The average Bonchev–Trinajstić information content (AvgIpc) is 2.74. The molecule has 5 nitrogen and oxygen atoms in total. The van der Waals surface area contributed by atoms with E-state index < -0.39 is 10.1 Å². The Hall–Kier alpha value is -1.05. The monoisotopic (exact) mass is 470 g/mol. The van der Waals surface area contributed by atoms with Gasteiger partial charge in [-0.05, 0) is 31.0 Å². The van der Waals surface area contributed by atoms with Crippen LogP contribution in [-0.4, -0.2) is 13.0 Å². The van der Waals surface area contributed by atoms with Crippen LogP contribution in [0.3, 0.4) is 0 Å². The van der Waals surface area contributed by atoms with Gasteiger partial charge in [0.1, 0.15) is 16.4 Å². The first-order valence-corrected chi connectivity index (χ1v) is 12.9. The van der Waals surface area contributed by atoms with Crippen molar-refractivity contribution in [3.05, 3.63) is 48.0 Å².